The van der Waals surface area contributed by atoms with Gasteiger partial charge in [0.1, 0.15) is 6.33 Å². The van der Waals surface area contributed by atoms with Crippen molar-refractivity contribution in [3.8, 4) is 0 Å². The minimum absolute atomic E-state index is 0.0628. The molecule has 8 nitrogen and oxygen atoms in total. The first-order valence-electron chi connectivity index (χ1n) is 7.01. The molecule has 8 heteroatoms. The van der Waals surface area contributed by atoms with Crippen LogP contribution in [0.4, 0.5) is 17.3 Å². The van der Waals surface area contributed by atoms with Crippen molar-refractivity contribution in [3.05, 3.63) is 16.4 Å². The normalized spacial score (nSPS) is 10.7. The monoisotopic (exact) mass is 297 g/mol. The summed E-state index contributed by atoms with van der Waals surface area (Å²) in [6.07, 6.45) is 2.20. The SMILES string of the molecule is CCCNc1ncnc(N(CCOC)C(C)C)c1[N+](=O)[O-]. The zero-order chi connectivity index (χ0) is 15.8. The summed E-state index contributed by atoms with van der Waals surface area (Å²) in [5.41, 5.74) is -0.0873. The summed E-state index contributed by atoms with van der Waals surface area (Å²) < 4.78 is 5.07. The molecule has 0 aliphatic carbocycles. The van der Waals surface area contributed by atoms with Crippen LogP contribution in [0.25, 0.3) is 0 Å². The summed E-state index contributed by atoms with van der Waals surface area (Å²) >= 11 is 0. The van der Waals surface area contributed by atoms with Crippen LogP contribution in [0.5, 0.6) is 0 Å². The molecule has 118 valence electrons. The fraction of sp³-hybridized carbons (Fsp3) is 0.692. The van der Waals surface area contributed by atoms with Crippen LogP contribution < -0.4 is 10.2 Å². The lowest BCUT2D eigenvalue weighted by Gasteiger charge is -2.27. The van der Waals surface area contributed by atoms with E-state index in [0.29, 0.717) is 25.5 Å². The fourth-order valence-corrected chi connectivity index (χ4v) is 1.92. The summed E-state index contributed by atoms with van der Waals surface area (Å²) in [4.78, 5) is 21.0. The van der Waals surface area contributed by atoms with Crippen molar-refractivity contribution in [2.75, 3.05) is 37.0 Å². The summed E-state index contributed by atoms with van der Waals surface area (Å²) in [7, 11) is 1.60. The van der Waals surface area contributed by atoms with Gasteiger partial charge in [-0.25, -0.2) is 9.97 Å². The Morgan fingerprint density at radius 1 is 1.48 bits per heavy atom. The lowest BCUT2D eigenvalue weighted by atomic mass is 10.3. The number of nitrogens with one attached hydrogen (secondary N) is 1. The highest BCUT2D eigenvalue weighted by Crippen LogP contribution is 2.32. The van der Waals surface area contributed by atoms with Crippen molar-refractivity contribution < 1.29 is 9.66 Å². The molecule has 1 aromatic heterocycles. The van der Waals surface area contributed by atoms with Gasteiger partial charge in [-0.2, -0.15) is 0 Å². The average molecular weight is 297 g/mol. The Balaban J connectivity index is 3.21. The zero-order valence-corrected chi connectivity index (χ0v) is 13.0. The third-order valence-corrected chi connectivity index (χ3v) is 2.96. The van der Waals surface area contributed by atoms with Crippen LogP contribution in [-0.2, 0) is 4.74 Å². The Morgan fingerprint density at radius 2 is 2.19 bits per heavy atom. The highest BCUT2D eigenvalue weighted by atomic mass is 16.6. The Hall–Kier alpha value is -1.96. The van der Waals surface area contributed by atoms with E-state index in [0.717, 1.165) is 6.42 Å². The number of ether oxygens (including phenoxy) is 1. The van der Waals surface area contributed by atoms with Crippen LogP contribution in [0, 0.1) is 10.1 Å². The van der Waals surface area contributed by atoms with Crippen LogP contribution in [0.3, 0.4) is 0 Å². The molecule has 1 rings (SSSR count). The molecule has 0 radical (unpaired) electrons. The molecule has 0 unspecified atom stereocenters. The Labute approximate surface area is 124 Å². The van der Waals surface area contributed by atoms with Gasteiger partial charge in [-0.3, -0.25) is 10.1 Å². The van der Waals surface area contributed by atoms with Gasteiger partial charge in [0.05, 0.1) is 11.5 Å². The molecule has 0 aliphatic rings. The summed E-state index contributed by atoms with van der Waals surface area (Å²) in [6.45, 7) is 7.52. The topological polar surface area (TPSA) is 93.4 Å². The number of aromatic nitrogens is 2. The summed E-state index contributed by atoms with van der Waals surface area (Å²) in [6, 6.07) is 0.0628. The van der Waals surface area contributed by atoms with Crippen LogP contribution in [0.15, 0.2) is 6.33 Å². The van der Waals surface area contributed by atoms with Gasteiger partial charge < -0.3 is 15.0 Å². The molecule has 0 saturated heterocycles. The van der Waals surface area contributed by atoms with Gasteiger partial charge >= 0.3 is 5.69 Å². The van der Waals surface area contributed by atoms with Crippen molar-refractivity contribution in [3.63, 3.8) is 0 Å². The van der Waals surface area contributed by atoms with Crippen molar-refractivity contribution >= 4 is 17.3 Å². The van der Waals surface area contributed by atoms with Crippen molar-refractivity contribution in [2.24, 2.45) is 0 Å². The Bertz CT molecular complexity index is 467. The number of hydrogen-bond acceptors (Lipinski definition) is 7. The van der Waals surface area contributed by atoms with Gasteiger partial charge in [-0.1, -0.05) is 6.92 Å². The number of nitrogens with zero attached hydrogens (tertiary/aromatic N) is 4. The highest BCUT2D eigenvalue weighted by molar-refractivity contribution is 5.70. The predicted octanol–water partition coefficient (Wildman–Crippen LogP) is 2.07. The second-order valence-electron chi connectivity index (χ2n) is 4.86. The predicted molar refractivity (Wildman–Crippen MR) is 81.8 cm³/mol. The third kappa shape index (κ3) is 4.52. The molecule has 1 N–H and O–H groups in total. The molecule has 1 heterocycles. The standard InChI is InChI=1S/C13H23N5O3/c1-5-6-14-12-11(18(19)20)13(16-9-15-12)17(10(2)3)7-8-21-4/h9-10H,5-8H2,1-4H3,(H,14,15,16). The molecule has 21 heavy (non-hydrogen) atoms. The summed E-state index contributed by atoms with van der Waals surface area (Å²) in [5.74, 6) is 0.579. The number of anilines is 2. The van der Waals surface area contributed by atoms with Crippen LogP contribution >= 0.6 is 0 Å². The molecule has 0 amide bonds. The smallest absolute Gasteiger partial charge is 0.353 e. The molecular formula is C13H23N5O3. The average Bonchev–Trinajstić information content (AvgIpc) is 2.44. The second-order valence-corrected chi connectivity index (χ2v) is 4.86. The number of methoxy groups -OCH3 is 1. The number of rotatable bonds is 9. The van der Waals surface area contributed by atoms with E-state index >= 15 is 0 Å². The van der Waals surface area contributed by atoms with Crippen LogP contribution in [-0.4, -0.2) is 47.7 Å². The molecule has 0 spiro atoms. The third-order valence-electron chi connectivity index (χ3n) is 2.96. The molecule has 0 aromatic carbocycles. The van der Waals surface area contributed by atoms with E-state index in [1.807, 2.05) is 25.7 Å². The van der Waals surface area contributed by atoms with E-state index in [2.05, 4.69) is 15.3 Å². The van der Waals surface area contributed by atoms with E-state index < -0.39 is 4.92 Å². The van der Waals surface area contributed by atoms with Gasteiger partial charge in [-0.05, 0) is 20.3 Å². The maximum absolute atomic E-state index is 11.4. The minimum Gasteiger partial charge on any atom is -0.383 e. The lowest BCUT2D eigenvalue weighted by Crippen LogP contribution is -2.35. The summed E-state index contributed by atoms with van der Waals surface area (Å²) in [5, 5.41) is 14.4. The molecule has 0 atom stereocenters. The number of hydrogen-bond donors (Lipinski definition) is 1. The molecule has 0 fully saturated rings. The van der Waals surface area contributed by atoms with E-state index in [1.165, 1.54) is 6.33 Å². The highest BCUT2D eigenvalue weighted by Gasteiger charge is 2.27. The van der Waals surface area contributed by atoms with E-state index in [-0.39, 0.29) is 17.5 Å². The van der Waals surface area contributed by atoms with Gasteiger partial charge in [0.2, 0.25) is 11.6 Å². The first-order valence-corrected chi connectivity index (χ1v) is 7.01. The molecule has 0 saturated carbocycles. The lowest BCUT2D eigenvalue weighted by molar-refractivity contribution is -0.383. The second kappa shape index (κ2) is 8.35. The maximum atomic E-state index is 11.4. The molecule has 0 aliphatic heterocycles. The first kappa shape index (κ1) is 17.1. The van der Waals surface area contributed by atoms with Crippen LogP contribution in [0.1, 0.15) is 27.2 Å². The van der Waals surface area contributed by atoms with Gasteiger partial charge in [0.15, 0.2) is 0 Å². The largest absolute Gasteiger partial charge is 0.383 e. The van der Waals surface area contributed by atoms with E-state index in [1.54, 1.807) is 7.11 Å². The number of nitro groups is 1. The quantitative estimate of drug-likeness (QED) is 0.550. The maximum Gasteiger partial charge on any atom is 0.353 e. The molecule has 1 aromatic rings. The molecule has 0 bridgehead atoms. The van der Waals surface area contributed by atoms with E-state index in [4.69, 9.17) is 4.74 Å². The van der Waals surface area contributed by atoms with Crippen molar-refractivity contribution in [1.82, 2.24) is 9.97 Å². The van der Waals surface area contributed by atoms with Crippen LogP contribution in [0.2, 0.25) is 0 Å². The van der Waals surface area contributed by atoms with Gasteiger partial charge in [0, 0.05) is 26.2 Å². The van der Waals surface area contributed by atoms with Crippen molar-refractivity contribution in [2.45, 2.75) is 33.2 Å². The zero-order valence-electron chi connectivity index (χ0n) is 13.0. The Morgan fingerprint density at radius 3 is 2.71 bits per heavy atom. The van der Waals surface area contributed by atoms with E-state index in [9.17, 15) is 10.1 Å². The van der Waals surface area contributed by atoms with Gasteiger partial charge in [-0.15, -0.1) is 0 Å². The van der Waals surface area contributed by atoms with Crippen molar-refractivity contribution in [1.29, 1.82) is 0 Å². The minimum atomic E-state index is -0.435. The fourth-order valence-electron chi connectivity index (χ4n) is 1.92. The van der Waals surface area contributed by atoms with Gasteiger partial charge in [0.25, 0.3) is 0 Å². The Kier molecular flexibility index (Phi) is 6.80. The first-order chi connectivity index (χ1) is 10.0. The molecular weight excluding hydrogens is 274 g/mol.